The van der Waals surface area contributed by atoms with Crippen LogP contribution in [0.1, 0.15) is 191 Å². The topological polar surface area (TPSA) is 130 Å². The van der Waals surface area contributed by atoms with Gasteiger partial charge in [0.1, 0.15) is 6.10 Å². The molecule has 0 spiro atoms. The Morgan fingerprint density at radius 1 is 0.782 bits per heavy atom. The van der Waals surface area contributed by atoms with Crippen LogP contribution < -0.4 is 5.32 Å². The van der Waals surface area contributed by atoms with Crippen molar-refractivity contribution in [1.29, 1.82) is 0 Å². The maximum absolute atomic E-state index is 14.5. The highest BCUT2D eigenvalue weighted by Gasteiger charge is 2.69. The summed E-state index contributed by atoms with van der Waals surface area (Å²) in [4.78, 5) is 50.0. The van der Waals surface area contributed by atoms with Gasteiger partial charge in [0.2, 0.25) is 5.91 Å². The second-order valence-electron chi connectivity index (χ2n) is 21.8. The summed E-state index contributed by atoms with van der Waals surface area (Å²) < 4.78 is 6.17. The number of hydrogen-bond acceptors (Lipinski definition) is 5. The molecule has 8 heteroatoms. The van der Waals surface area contributed by atoms with Gasteiger partial charge in [0.15, 0.2) is 0 Å². The molecule has 5 aliphatic carbocycles. The number of rotatable bonds is 16. The van der Waals surface area contributed by atoms with E-state index in [2.05, 4.69) is 59.9 Å². The summed E-state index contributed by atoms with van der Waals surface area (Å²) in [6, 6.07) is 0. The number of carboxylic acid groups (broad SMARTS) is 2. The molecule has 0 aromatic carbocycles. The lowest BCUT2D eigenvalue weighted by Gasteiger charge is -2.71. The molecule has 1 amide bonds. The van der Waals surface area contributed by atoms with E-state index in [1.54, 1.807) is 19.4 Å². The Balaban J connectivity index is 1.27. The number of carboxylic acids is 2. The van der Waals surface area contributed by atoms with Crippen molar-refractivity contribution in [3.8, 4) is 0 Å². The number of esters is 1. The summed E-state index contributed by atoms with van der Waals surface area (Å²) in [7, 11) is 0. The lowest BCUT2D eigenvalue weighted by atomic mass is 9.33. The Labute approximate surface area is 333 Å². The highest BCUT2D eigenvalue weighted by atomic mass is 16.5. The fourth-order valence-corrected chi connectivity index (χ4v) is 13.3. The van der Waals surface area contributed by atoms with Gasteiger partial charge in [-0.15, -0.1) is 0 Å². The molecule has 8 unspecified atom stereocenters. The Bertz CT molecular complexity index is 1480. The molecule has 8 nitrogen and oxygen atoms in total. The zero-order valence-corrected chi connectivity index (χ0v) is 36.2. The van der Waals surface area contributed by atoms with Gasteiger partial charge in [-0.3, -0.25) is 19.2 Å². The number of fused-ring (bicyclic) bond motifs is 7. The largest absolute Gasteiger partial charge is 0.481 e. The third-order valence-electron chi connectivity index (χ3n) is 17.1. The van der Waals surface area contributed by atoms with Crippen LogP contribution in [0.2, 0.25) is 0 Å². The molecule has 0 aromatic rings. The Morgan fingerprint density at radius 3 is 2.04 bits per heavy atom. The minimum Gasteiger partial charge on any atom is -0.481 e. The molecule has 0 heterocycles. The standard InChI is InChI=1S/C47H77NO7/c1-41(2)25-27-47(39(52)48-29-17-15-13-11-10-12-14-16-18-37(49)50)28-26-45(8)32(33(47)30-41)19-20-35-44(7)23-22-36(55-38(51)31-42(3,4)40(53)54)43(5,6)34(44)21-24-46(35,45)9/h19,33-36H,10-18,20-31H2,1-9H3,(H,48,52)(H,49,50)(H,53,54). The van der Waals surface area contributed by atoms with E-state index in [4.69, 9.17) is 9.84 Å². The summed E-state index contributed by atoms with van der Waals surface area (Å²) >= 11 is 0. The summed E-state index contributed by atoms with van der Waals surface area (Å²) in [6.45, 7) is 21.0. The molecular formula is C47H77NO7. The number of nitrogens with one attached hydrogen (secondary N) is 1. The first kappa shape index (κ1) is 43.7. The van der Waals surface area contributed by atoms with Crippen LogP contribution in [0.25, 0.3) is 0 Å². The predicted octanol–water partition coefficient (Wildman–Crippen LogP) is 10.9. The fraction of sp³-hybridized carbons (Fsp3) is 0.872. The van der Waals surface area contributed by atoms with E-state index in [1.807, 2.05) is 0 Å². The average molecular weight is 768 g/mol. The summed E-state index contributed by atoms with van der Waals surface area (Å²) in [5.41, 5.74) is 0.277. The van der Waals surface area contributed by atoms with Crippen LogP contribution in [0.4, 0.5) is 0 Å². The summed E-state index contributed by atoms with van der Waals surface area (Å²) in [5, 5.41) is 21.9. The van der Waals surface area contributed by atoms with Crippen molar-refractivity contribution in [2.45, 2.75) is 197 Å². The zero-order valence-electron chi connectivity index (χ0n) is 36.2. The quantitative estimate of drug-likeness (QED) is 0.0810. The number of carbonyl (C=O) groups is 4. The van der Waals surface area contributed by atoms with Crippen LogP contribution in [0, 0.1) is 55.7 Å². The third kappa shape index (κ3) is 8.32. The van der Waals surface area contributed by atoms with Crippen LogP contribution in [0.5, 0.6) is 0 Å². The molecular weight excluding hydrogens is 691 g/mol. The number of ether oxygens (including phenoxy) is 1. The van der Waals surface area contributed by atoms with Gasteiger partial charge in [-0.05, 0) is 130 Å². The van der Waals surface area contributed by atoms with Crippen molar-refractivity contribution in [3.63, 3.8) is 0 Å². The molecule has 0 aromatic heterocycles. The van der Waals surface area contributed by atoms with E-state index in [9.17, 15) is 24.3 Å². The number of allylic oxidation sites excluding steroid dienone is 2. The van der Waals surface area contributed by atoms with Gasteiger partial charge in [-0.25, -0.2) is 0 Å². The Hall–Kier alpha value is -2.38. The molecule has 0 bridgehead atoms. The molecule has 3 N–H and O–H groups in total. The van der Waals surface area contributed by atoms with Crippen LogP contribution in [-0.4, -0.2) is 46.7 Å². The van der Waals surface area contributed by atoms with Gasteiger partial charge in [0.25, 0.3) is 0 Å². The SMILES string of the molecule is CC1(C)CCC2(C(=O)NCCCCCCCCCCC(=O)O)CCC3(C)C(=CCC4C5(C)CCC(OC(=O)CC(C)(C)C(=O)O)C(C)(C)C5CCC43C)C2C1. The van der Waals surface area contributed by atoms with E-state index >= 15 is 0 Å². The minimum absolute atomic E-state index is 0.0231. The molecule has 0 radical (unpaired) electrons. The Morgan fingerprint density at radius 2 is 1.40 bits per heavy atom. The molecule has 4 saturated carbocycles. The highest BCUT2D eigenvalue weighted by molar-refractivity contribution is 5.84. The van der Waals surface area contributed by atoms with Crippen LogP contribution >= 0.6 is 0 Å². The first-order valence-electron chi connectivity index (χ1n) is 22.2. The molecule has 8 atom stereocenters. The van der Waals surface area contributed by atoms with Crippen LogP contribution in [0.3, 0.4) is 0 Å². The first-order valence-corrected chi connectivity index (χ1v) is 22.2. The van der Waals surface area contributed by atoms with Crippen molar-refractivity contribution in [2.75, 3.05) is 6.54 Å². The third-order valence-corrected chi connectivity index (χ3v) is 17.1. The Kier molecular flexibility index (Phi) is 12.8. The molecule has 0 saturated heterocycles. The van der Waals surface area contributed by atoms with E-state index in [0.717, 1.165) is 116 Å². The molecule has 55 heavy (non-hydrogen) atoms. The van der Waals surface area contributed by atoms with Crippen LogP contribution in [0.15, 0.2) is 11.6 Å². The molecule has 5 aliphatic rings. The number of aliphatic carboxylic acids is 2. The lowest BCUT2D eigenvalue weighted by molar-refractivity contribution is -0.213. The zero-order chi connectivity index (χ0) is 40.7. The number of carbonyl (C=O) groups excluding carboxylic acids is 2. The normalized spacial score (nSPS) is 36.2. The number of hydrogen-bond donors (Lipinski definition) is 3. The average Bonchev–Trinajstić information content (AvgIpc) is 3.08. The molecule has 312 valence electrons. The van der Waals surface area contributed by atoms with E-state index in [-0.39, 0.29) is 57.4 Å². The van der Waals surface area contributed by atoms with Crippen molar-refractivity contribution >= 4 is 23.8 Å². The maximum atomic E-state index is 14.5. The lowest BCUT2D eigenvalue weighted by Crippen LogP contribution is -2.65. The fourth-order valence-electron chi connectivity index (χ4n) is 13.3. The number of amides is 1. The second kappa shape index (κ2) is 16.1. The number of unbranched alkanes of at least 4 members (excludes halogenated alkanes) is 7. The maximum Gasteiger partial charge on any atom is 0.309 e. The van der Waals surface area contributed by atoms with Crippen molar-refractivity contribution in [1.82, 2.24) is 5.32 Å². The minimum atomic E-state index is -1.15. The van der Waals surface area contributed by atoms with E-state index < -0.39 is 23.3 Å². The van der Waals surface area contributed by atoms with Gasteiger partial charge < -0.3 is 20.3 Å². The summed E-state index contributed by atoms with van der Waals surface area (Å²) in [5.74, 6) is -0.648. The van der Waals surface area contributed by atoms with Gasteiger partial charge in [0, 0.05) is 18.4 Å². The van der Waals surface area contributed by atoms with Gasteiger partial charge >= 0.3 is 17.9 Å². The van der Waals surface area contributed by atoms with Crippen LogP contribution in [-0.2, 0) is 23.9 Å². The smallest absolute Gasteiger partial charge is 0.309 e. The van der Waals surface area contributed by atoms with Gasteiger partial charge in [-0.2, -0.15) is 0 Å². The van der Waals surface area contributed by atoms with Crippen molar-refractivity contribution < 1.29 is 34.1 Å². The van der Waals surface area contributed by atoms with Gasteiger partial charge in [-0.1, -0.05) is 98.6 Å². The predicted molar refractivity (Wildman–Crippen MR) is 217 cm³/mol. The van der Waals surface area contributed by atoms with E-state index in [0.29, 0.717) is 17.7 Å². The second-order valence-corrected chi connectivity index (χ2v) is 21.8. The molecule has 5 rings (SSSR count). The van der Waals surface area contributed by atoms with Crippen molar-refractivity contribution in [2.24, 2.45) is 55.7 Å². The highest BCUT2D eigenvalue weighted by Crippen LogP contribution is 2.76. The monoisotopic (exact) mass is 768 g/mol. The van der Waals surface area contributed by atoms with E-state index in [1.165, 1.54) is 6.42 Å². The van der Waals surface area contributed by atoms with Gasteiger partial charge in [0.05, 0.1) is 17.3 Å². The molecule has 0 aliphatic heterocycles. The first-order chi connectivity index (χ1) is 25.6. The van der Waals surface area contributed by atoms with Crippen molar-refractivity contribution in [3.05, 3.63) is 11.6 Å². The molecule has 4 fully saturated rings. The summed E-state index contributed by atoms with van der Waals surface area (Å²) in [6.07, 6.45) is 21.2.